The summed E-state index contributed by atoms with van der Waals surface area (Å²) in [6.07, 6.45) is 0. The van der Waals surface area contributed by atoms with Gasteiger partial charge < -0.3 is 4.74 Å². The lowest BCUT2D eigenvalue weighted by atomic mass is 10.2. The molecule has 0 aliphatic rings. The largest absolute Gasteiger partial charge is 0.457 e. The first-order chi connectivity index (χ1) is 11.1. The van der Waals surface area contributed by atoms with E-state index in [2.05, 4.69) is 9.88 Å². The zero-order chi connectivity index (χ0) is 18.1. The lowest BCUT2D eigenvalue weighted by Crippen LogP contribution is -2.23. The van der Waals surface area contributed by atoms with Gasteiger partial charge in [0.1, 0.15) is 17.1 Å². The number of halogens is 4. The molecule has 0 atom stereocenters. The van der Waals surface area contributed by atoms with E-state index < -0.39 is 56.3 Å². The maximum atomic E-state index is 13.8. The fourth-order valence-corrected chi connectivity index (χ4v) is 2.65. The molecule has 0 amide bonds. The zero-order valence-corrected chi connectivity index (χ0v) is 12.5. The number of carbonyl (C=O) groups excluding carboxylic acids is 1. The number of hydrogen-bond donors (Lipinski definition) is 1. The maximum absolute atomic E-state index is 13.8. The van der Waals surface area contributed by atoms with Crippen LogP contribution in [0.5, 0.6) is 0 Å². The van der Waals surface area contributed by atoms with Crippen LogP contribution in [0, 0.1) is 23.3 Å². The van der Waals surface area contributed by atoms with Crippen LogP contribution in [0.4, 0.5) is 17.6 Å². The molecule has 128 valence electrons. The van der Waals surface area contributed by atoms with Crippen molar-refractivity contribution in [2.75, 3.05) is 0 Å². The topological polar surface area (TPSA) is 86.5 Å². The lowest BCUT2D eigenvalue weighted by Gasteiger charge is -2.11. The number of nitrogens with two attached hydrogens (primary N) is 1. The van der Waals surface area contributed by atoms with Gasteiger partial charge in [0.15, 0.2) is 23.3 Å². The third-order valence-corrected chi connectivity index (χ3v) is 3.88. The van der Waals surface area contributed by atoms with Crippen LogP contribution < -0.4 is 5.14 Å². The van der Waals surface area contributed by atoms with E-state index in [9.17, 15) is 30.8 Å². The summed E-state index contributed by atoms with van der Waals surface area (Å²) < 4.78 is 81.3. The van der Waals surface area contributed by atoms with E-state index in [1.54, 1.807) is 18.2 Å². The molecule has 0 radical (unpaired) electrons. The van der Waals surface area contributed by atoms with E-state index in [0.717, 1.165) is 0 Å². The number of esters is 1. The van der Waals surface area contributed by atoms with E-state index in [1.165, 1.54) is 12.1 Å². The molecule has 0 saturated heterocycles. The summed E-state index contributed by atoms with van der Waals surface area (Å²) >= 11 is 0. The van der Waals surface area contributed by atoms with Gasteiger partial charge in [0, 0.05) is 0 Å². The molecular formula is C14H9F4NO4S. The van der Waals surface area contributed by atoms with Crippen LogP contribution in [-0.4, -0.2) is 14.4 Å². The van der Waals surface area contributed by atoms with Gasteiger partial charge in [-0.05, 0) is 5.56 Å². The van der Waals surface area contributed by atoms with Crippen molar-refractivity contribution < 1.29 is 35.5 Å². The third kappa shape index (κ3) is 3.39. The fraction of sp³-hybridized carbons (Fsp3) is 0.0714. The molecule has 2 aromatic rings. The van der Waals surface area contributed by atoms with Crippen molar-refractivity contribution in [1.29, 1.82) is 0 Å². The summed E-state index contributed by atoms with van der Waals surface area (Å²) in [5.41, 5.74) is -1.20. The number of sulfonamides is 1. The molecule has 10 heteroatoms. The van der Waals surface area contributed by atoms with Crippen molar-refractivity contribution in [1.82, 2.24) is 0 Å². The Hall–Kier alpha value is -2.46. The number of benzene rings is 2. The summed E-state index contributed by atoms with van der Waals surface area (Å²) in [6.45, 7) is -0.441. The van der Waals surface area contributed by atoms with Gasteiger partial charge in [-0.15, -0.1) is 0 Å². The van der Waals surface area contributed by atoms with Gasteiger partial charge in [-0.1, -0.05) is 30.3 Å². The molecule has 2 N–H and O–H groups in total. The minimum absolute atomic E-state index is 0.437. The van der Waals surface area contributed by atoms with Crippen molar-refractivity contribution in [3.05, 3.63) is 64.7 Å². The Bertz CT molecular complexity index is 901. The Morgan fingerprint density at radius 3 is 2.04 bits per heavy atom. The average Bonchev–Trinajstić information content (AvgIpc) is 2.53. The second-order valence-corrected chi connectivity index (χ2v) is 6.07. The fourth-order valence-electron chi connectivity index (χ4n) is 1.86. The predicted molar refractivity (Wildman–Crippen MR) is 73.2 cm³/mol. The Morgan fingerprint density at radius 2 is 1.50 bits per heavy atom. The second kappa shape index (κ2) is 6.57. The molecule has 0 bridgehead atoms. The lowest BCUT2D eigenvalue weighted by molar-refractivity contribution is 0.0459. The maximum Gasteiger partial charge on any atom is 0.343 e. The molecule has 2 rings (SSSR count). The number of primary sulfonamides is 1. The molecule has 0 heterocycles. The summed E-state index contributed by atoms with van der Waals surface area (Å²) in [6, 6.07) is 7.90. The summed E-state index contributed by atoms with van der Waals surface area (Å²) in [7, 11) is -5.08. The summed E-state index contributed by atoms with van der Waals surface area (Å²) in [5, 5.41) is 4.66. The molecule has 0 aliphatic carbocycles. The van der Waals surface area contributed by atoms with E-state index in [1.807, 2.05) is 0 Å². The van der Waals surface area contributed by atoms with Gasteiger partial charge >= 0.3 is 5.97 Å². The van der Waals surface area contributed by atoms with Crippen LogP contribution in [0.25, 0.3) is 0 Å². The molecule has 0 fully saturated rings. The normalized spacial score (nSPS) is 11.4. The molecule has 24 heavy (non-hydrogen) atoms. The van der Waals surface area contributed by atoms with Crippen LogP contribution in [0.15, 0.2) is 35.2 Å². The SMILES string of the molecule is NS(=O)(=O)c1c(F)c(F)c(F)c(F)c1C(=O)OCc1ccccc1. The van der Waals surface area contributed by atoms with Crippen molar-refractivity contribution >= 4 is 16.0 Å². The first-order valence-corrected chi connectivity index (χ1v) is 7.79. The standard InChI is InChI=1S/C14H9F4NO4S/c15-9-8(14(20)23-6-7-4-2-1-3-5-7)13(24(19,21)22)12(18)11(17)10(9)16/h1-5H,6H2,(H2,19,21,22). The van der Waals surface area contributed by atoms with Gasteiger partial charge in [-0.3, -0.25) is 0 Å². The molecule has 0 unspecified atom stereocenters. The van der Waals surface area contributed by atoms with Crippen molar-refractivity contribution in [3.63, 3.8) is 0 Å². The smallest absolute Gasteiger partial charge is 0.343 e. The number of rotatable bonds is 4. The van der Waals surface area contributed by atoms with Crippen LogP contribution in [0.2, 0.25) is 0 Å². The van der Waals surface area contributed by atoms with Crippen LogP contribution >= 0.6 is 0 Å². The van der Waals surface area contributed by atoms with Gasteiger partial charge in [0.2, 0.25) is 10.0 Å². The van der Waals surface area contributed by atoms with Crippen LogP contribution in [-0.2, 0) is 21.4 Å². The molecule has 0 aliphatic heterocycles. The quantitative estimate of drug-likeness (QED) is 0.391. The van der Waals surface area contributed by atoms with Crippen molar-refractivity contribution in [2.24, 2.45) is 5.14 Å². The van der Waals surface area contributed by atoms with E-state index in [4.69, 9.17) is 0 Å². The van der Waals surface area contributed by atoms with Crippen LogP contribution in [0.3, 0.4) is 0 Å². The first kappa shape index (κ1) is 17.9. The first-order valence-electron chi connectivity index (χ1n) is 6.24. The Morgan fingerprint density at radius 1 is 0.958 bits per heavy atom. The highest BCUT2D eigenvalue weighted by Crippen LogP contribution is 2.28. The van der Waals surface area contributed by atoms with Crippen molar-refractivity contribution in [2.45, 2.75) is 11.5 Å². The highest BCUT2D eigenvalue weighted by molar-refractivity contribution is 7.89. The molecule has 0 saturated carbocycles. The number of carbonyl (C=O) groups is 1. The van der Waals surface area contributed by atoms with Gasteiger partial charge in [0.05, 0.1) is 0 Å². The molecule has 5 nitrogen and oxygen atoms in total. The van der Waals surface area contributed by atoms with Crippen LogP contribution in [0.1, 0.15) is 15.9 Å². The second-order valence-electron chi connectivity index (χ2n) is 4.57. The van der Waals surface area contributed by atoms with Gasteiger partial charge in [-0.2, -0.15) is 0 Å². The molecule has 2 aromatic carbocycles. The Balaban J connectivity index is 2.50. The minimum atomic E-state index is -5.08. The number of ether oxygens (including phenoxy) is 1. The highest BCUT2D eigenvalue weighted by Gasteiger charge is 2.35. The third-order valence-electron chi connectivity index (χ3n) is 2.93. The minimum Gasteiger partial charge on any atom is -0.457 e. The zero-order valence-electron chi connectivity index (χ0n) is 11.7. The van der Waals surface area contributed by atoms with Gasteiger partial charge in [0.25, 0.3) is 0 Å². The predicted octanol–water partition coefficient (Wildman–Crippen LogP) is 2.25. The van der Waals surface area contributed by atoms with E-state index in [-0.39, 0.29) is 0 Å². The molecule has 0 aromatic heterocycles. The number of hydrogen-bond acceptors (Lipinski definition) is 4. The van der Waals surface area contributed by atoms with E-state index in [0.29, 0.717) is 5.56 Å². The monoisotopic (exact) mass is 363 g/mol. The summed E-state index contributed by atoms with van der Waals surface area (Å²) in [5.74, 6) is -11.0. The highest BCUT2D eigenvalue weighted by atomic mass is 32.2. The summed E-state index contributed by atoms with van der Waals surface area (Å²) in [4.78, 5) is 10.1. The Kier molecular flexibility index (Phi) is 4.90. The molecule has 0 spiro atoms. The molecular weight excluding hydrogens is 354 g/mol. The van der Waals surface area contributed by atoms with Gasteiger partial charge in [-0.25, -0.2) is 35.9 Å². The Labute approximate surface area is 133 Å². The van der Waals surface area contributed by atoms with E-state index >= 15 is 0 Å². The average molecular weight is 363 g/mol. The van der Waals surface area contributed by atoms with Crippen molar-refractivity contribution in [3.8, 4) is 0 Å².